The van der Waals surface area contributed by atoms with Crippen molar-refractivity contribution < 1.29 is 4.39 Å². The first kappa shape index (κ1) is 19.4. The SMILES string of the molecule is CCCCCC1CC[Si](CCc2ccc(-c3ccc(F)cc3)cc2)CC1. The van der Waals surface area contributed by atoms with Crippen molar-refractivity contribution in [2.45, 2.75) is 70.0 Å². The van der Waals surface area contributed by atoms with Gasteiger partial charge in [-0.25, -0.2) is 4.39 Å². The first-order valence-corrected chi connectivity index (χ1v) is 12.5. The normalized spacial score (nSPS) is 16.1. The van der Waals surface area contributed by atoms with Crippen molar-refractivity contribution in [3.8, 4) is 11.1 Å². The molecule has 0 bridgehead atoms. The van der Waals surface area contributed by atoms with E-state index in [9.17, 15) is 4.39 Å². The number of hydrogen-bond acceptors (Lipinski definition) is 0. The Balaban J connectivity index is 1.42. The van der Waals surface area contributed by atoms with Crippen LogP contribution < -0.4 is 0 Å². The van der Waals surface area contributed by atoms with E-state index in [1.807, 2.05) is 12.1 Å². The third-order valence-corrected chi connectivity index (χ3v) is 8.88. The minimum atomic E-state index is -0.172. The molecule has 1 radical (unpaired) electrons. The lowest BCUT2D eigenvalue weighted by Crippen LogP contribution is -2.21. The summed E-state index contributed by atoms with van der Waals surface area (Å²) in [4.78, 5) is 0. The lowest BCUT2D eigenvalue weighted by molar-refractivity contribution is 0.416. The number of aryl methyl sites for hydroxylation is 1. The Hall–Kier alpha value is -1.41. The standard InChI is InChI=1S/C24H32FSi/c1-2-3-4-5-20-14-17-26(18-15-20)19-16-21-6-8-22(9-7-21)23-10-12-24(25)13-11-23/h6-13,20H,2-5,14-19H2,1H3. The average Bonchev–Trinajstić information content (AvgIpc) is 2.69. The predicted octanol–water partition coefficient (Wildman–Crippen LogP) is 7.52. The maximum absolute atomic E-state index is 13.0. The summed E-state index contributed by atoms with van der Waals surface area (Å²) in [5, 5.41) is 0. The molecule has 26 heavy (non-hydrogen) atoms. The van der Waals surface area contributed by atoms with E-state index < -0.39 is 0 Å². The summed E-state index contributed by atoms with van der Waals surface area (Å²) in [5.74, 6) is 0.861. The van der Waals surface area contributed by atoms with Crippen molar-refractivity contribution in [2.24, 2.45) is 5.92 Å². The van der Waals surface area contributed by atoms with Gasteiger partial charge in [0.2, 0.25) is 0 Å². The van der Waals surface area contributed by atoms with Gasteiger partial charge < -0.3 is 0 Å². The molecule has 0 amide bonds. The van der Waals surface area contributed by atoms with Crippen LogP contribution >= 0.6 is 0 Å². The second kappa shape index (κ2) is 10.1. The number of unbranched alkanes of at least 4 members (excludes halogenated alkanes) is 2. The molecule has 2 aromatic carbocycles. The van der Waals surface area contributed by atoms with Gasteiger partial charge in [-0.05, 0) is 41.2 Å². The number of benzene rings is 2. The lowest BCUT2D eigenvalue weighted by atomic mass is 9.96. The highest BCUT2D eigenvalue weighted by molar-refractivity contribution is 6.59. The van der Waals surface area contributed by atoms with Gasteiger partial charge in [-0.15, -0.1) is 0 Å². The van der Waals surface area contributed by atoms with Crippen LogP contribution in [-0.4, -0.2) is 8.80 Å². The summed E-state index contributed by atoms with van der Waals surface area (Å²) >= 11 is 0. The Labute approximate surface area is 160 Å². The van der Waals surface area contributed by atoms with Crippen LogP contribution in [0.2, 0.25) is 18.1 Å². The van der Waals surface area contributed by atoms with E-state index in [2.05, 4.69) is 31.2 Å². The molecule has 1 heterocycles. The fourth-order valence-corrected chi connectivity index (χ4v) is 7.16. The maximum atomic E-state index is 13.0. The van der Waals surface area contributed by atoms with Crippen molar-refractivity contribution in [2.75, 3.05) is 0 Å². The third-order valence-electron chi connectivity index (χ3n) is 5.93. The molecule has 0 atom stereocenters. The fraction of sp³-hybridized carbons (Fsp3) is 0.500. The van der Waals surface area contributed by atoms with Crippen LogP contribution in [0, 0.1) is 11.7 Å². The zero-order chi connectivity index (χ0) is 18.2. The van der Waals surface area contributed by atoms with E-state index >= 15 is 0 Å². The Morgan fingerprint density at radius 2 is 1.50 bits per heavy atom. The minimum Gasteiger partial charge on any atom is -0.207 e. The molecule has 1 fully saturated rings. The topological polar surface area (TPSA) is 0 Å². The van der Waals surface area contributed by atoms with Crippen LogP contribution in [-0.2, 0) is 6.42 Å². The van der Waals surface area contributed by atoms with Gasteiger partial charge in [0.05, 0.1) is 0 Å². The van der Waals surface area contributed by atoms with Gasteiger partial charge in [-0.2, -0.15) is 0 Å². The van der Waals surface area contributed by atoms with Crippen LogP contribution in [0.4, 0.5) is 4.39 Å². The molecule has 0 aromatic heterocycles. The van der Waals surface area contributed by atoms with Gasteiger partial charge >= 0.3 is 0 Å². The number of halogens is 1. The van der Waals surface area contributed by atoms with Crippen molar-refractivity contribution in [1.29, 1.82) is 0 Å². The van der Waals surface area contributed by atoms with Crippen LogP contribution in [0.3, 0.4) is 0 Å². The van der Waals surface area contributed by atoms with Crippen LogP contribution in [0.25, 0.3) is 11.1 Å². The second-order valence-corrected chi connectivity index (χ2v) is 10.9. The molecule has 2 aromatic rings. The smallest absolute Gasteiger partial charge is 0.123 e. The third kappa shape index (κ3) is 5.80. The van der Waals surface area contributed by atoms with Crippen LogP contribution in [0.1, 0.15) is 51.0 Å². The molecule has 139 valence electrons. The summed E-state index contributed by atoms with van der Waals surface area (Å²) in [6, 6.07) is 20.2. The maximum Gasteiger partial charge on any atom is 0.123 e. The van der Waals surface area contributed by atoms with E-state index in [1.54, 1.807) is 0 Å². The van der Waals surface area contributed by atoms with E-state index in [0.29, 0.717) is 0 Å². The molecule has 2 heteroatoms. The summed E-state index contributed by atoms with van der Waals surface area (Å²) < 4.78 is 13.0. The first-order valence-electron chi connectivity index (χ1n) is 10.4. The molecular formula is C24H32FSi. The molecule has 3 rings (SSSR count). The molecule has 0 aliphatic carbocycles. The number of hydrogen-bond donors (Lipinski definition) is 0. The Bertz CT molecular complexity index is 639. The van der Waals surface area contributed by atoms with E-state index in [-0.39, 0.29) is 14.6 Å². The summed E-state index contributed by atoms with van der Waals surface area (Å²) in [6.07, 6.45) is 9.93. The van der Waals surface area contributed by atoms with E-state index in [4.69, 9.17) is 0 Å². The quantitative estimate of drug-likeness (QED) is 0.334. The zero-order valence-electron chi connectivity index (χ0n) is 16.1. The minimum absolute atomic E-state index is 0.116. The van der Waals surface area contributed by atoms with Gasteiger partial charge in [0.25, 0.3) is 0 Å². The van der Waals surface area contributed by atoms with Gasteiger partial charge in [0.1, 0.15) is 5.82 Å². The second-order valence-electron chi connectivity index (χ2n) is 7.89. The summed E-state index contributed by atoms with van der Waals surface area (Å²) in [7, 11) is -0.116. The molecule has 1 saturated heterocycles. The molecule has 0 saturated carbocycles. The highest BCUT2D eigenvalue weighted by Gasteiger charge is 2.21. The summed E-state index contributed by atoms with van der Waals surface area (Å²) in [5.41, 5.74) is 3.72. The number of rotatable bonds is 8. The molecule has 0 unspecified atom stereocenters. The molecule has 0 nitrogen and oxygen atoms in total. The lowest BCUT2D eigenvalue weighted by Gasteiger charge is -2.27. The average molecular weight is 368 g/mol. The Morgan fingerprint density at radius 3 is 2.12 bits per heavy atom. The predicted molar refractivity (Wildman–Crippen MR) is 113 cm³/mol. The Kier molecular flexibility index (Phi) is 7.49. The highest BCUT2D eigenvalue weighted by Crippen LogP contribution is 2.31. The van der Waals surface area contributed by atoms with Gasteiger partial charge in [0.15, 0.2) is 0 Å². The fourth-order valence-electron chi connectivity index (χ4n) is 4.13. The summed E-state index contributed by atoms with van der Waals surface area (Å²) in [6.45, 7) is 2.30. The first-order chi connectivity index (χ1) is 12.7. The largest absolute Gasteiger partial charge is 0.207 e. The molecule has 0 N–H and O–H groups in total. The van der Waals surface area contributed by atoms with Crippen molar-refractivity contribution in [3.05, 3.63) is 59.9 Å². The van der Waals surface area contributed by atoms with E-state index in [1.165, 1.54) is 86.3 Å². The van der Waals surface area contributed by atoms with E-state index in [0.717, 1.165) is 11.5 Å². The molecular weight excluding hydrogens is 335 g/mol. The Morgan fingerprint density at radius 1 is 0.885 bits per heavy atom. The van der Waals surface area contributed by atoms with Gasteiger partial charge in [-0.1, -0.05) is 100.0 Å². The zero-order valence-corrected chi connectivity index (χ0v) is 17.1. The van der Waals surface area contributed by atoms with Crippen molar-refractivity contribution in [1.82, 2.24) is 0 Å². The van der Waals surface area contributed by atoms with Gasteiger partial charge in [-0.3, -0.25) is 0 Å². The van der Waals surface area contributed by atoms with Crippen molar-refractivity contribution in [3.63, 3.8) is 0 Å². The van der Waals surface area contributed by atoms with Gasteiger partial charge in [0, 0.05) is 8.80 Å². The highest BCUT2D eigenvalue weighted by atomic mass is 28.3. The van der Waals surface area contributed by atoms with Crippen molar-refractivity contribution >= 4 is 8.80 Å². The van der Waals surface area contributed by atoms with Crippen LogP contribution in [0.15, 0.2) is 48.5 Å². The molecule has 0 spiro atoms. The molecule has 1 aliphatic heterocycles. The van der Waals surface area contributed by atoms with Crippen LogP contribution in [0.5, 0.6) is 0 Å². The molecule has 1 aliphatic rings. The monoisotopic (exact) mass is 367 g/mol.